The maximum Gasteiger partial charge on any atom is 0.104 e. The number of nitrogens with two attached hydrogens (primary N) is 1. The highest BCUT2D eigenvalue weighted by Crippen LogP contribution is 2.23. The van der Waals surface area contributed by atoms with Crippen LogP contribution in [0.2, 0.25) is 5.02 Å². The molecule has 2 aromatic rings. The molecule has 88 valence electrons. The van der Waals surface area contributed by atoms with Crippen molar-refractivity contribution in [2.45, 2.75) is 12.6 Å². The van der Waals surface area contributed by atoms with Gasteiger partial charge in [-0.2, -0.15) is 0 Å². The van der Waals surface area contributed by atoms with Crippen LogP contribution < -0.4 is 5.73 Å². The lowest BCUT2D eigenvalue weighted by molar-refractivity contribution is 0.220. The van der Waals surface area contributed by atoms with Gasteiger partial charge in [0.15, 0.2) is 0 Å². The van der Waals surface area contributed by atoms with Crippen LogP contribution in [0.4, 0.5) is 0 Å². The molecule has 0 aliphatic rings. The van der Waals surface area contributed by atoms with Crippen molar-refractivity contribution in [3.63, 3.8) is 0 Å². The normalized spacial score (nSPS) is 12.4. The maximum atomic E-state index is 10.2. The van der Waals surface area contributed by atoms with Gasteiger partial charge in [0, 0.05) is 11.6 Å². The van der Waals surface area contributed by atoms with E-state index in [1.807, 2.05) is 36.4 Å². The minimum absolute atomic E-state index is 0.511. The molecule has 2 rings (SSSR count). The topological polar surface area (TPSA) is 46.2 Å². The average Bonchev–Trinajstić information content (AvgIpc) is 2.39. The van der Waals surface area contributed by atoms with E-state index in [0.29, 0.717) is 11.6 Å². The van der Waals surface area contributed by atoms with Crippen LogP contribution in [0.5, 0.6) is 0 Å². The summed E-state index contributed by atoms with van der Waals surface area (Å²) in [7, 11) is 0. The molecule has 3 heteroatoms. The number of aliphatic hydroxyl groups excluding tert-OH is 1. The van der Waals surface area contributed by atoms with E-state index in [1.54, 1.807) is 12.1 Å². The third kappa shape index (κ3) is 2.86. The largest absolute Gasteiger partial charge is 0.384 e. The van der Waals surface area contributed by atoms with E-state index < -0.39 is 6.10 Å². The average molecular weight is 248 g/mol. The molecule has 0 spiro atoms. The van der Waals surface area contributed by atoms with Crippen molar-refractivity contribution < 1.29 is 5.11 Å². The van der Waals surface area contributed by atoms with Crippen molar-refractivity contribution in [2.75, 3.05) is 0 Å². The Morgan fingerprint density at radius 1 is 0.941 bits per heavy atom. The van der Waals surface area contributed by atoms with Gasteiger partial charge in [0.1, 0.15) is 6.10 Å². The second kappa shape index (κ2) is 5.32. The van der Waals surface area contributed by atoms with E-state index in [2.05, 4.69) is 0 Å². The smallest absolute Gasteiger partial charge is 0.104 e. The number of hydrogen-bond donors (Lipinski definition) is 2. The van der Waals surface area contributed by atoms with Crippen molar-refractivity contribution in [2.24, 2.45) is 5.73 Å². The first-order valence-electron chi connectivity index (χ1n) is 5.43. The van der Waals surface area contributed by atoms with Crippen LogP contribution in [0.3, 0.4) is 0 Å². The predicted molar refractivity (Wildman–Crippen MR) is 69.8 cm³/mol. The van der Waals surface area contributed by atoms with Gasteiger partial charge in [0.25, 0.3) is 0 Å². The molecule has 0 amide bonds. The summed E-state index contributed by atoms with van der Waals surface area (Å²) in [5.74, 6) is 0. The van der Waals surface area contributed by atoms with Crippen LogP contribution in [-0.2, 0) is 6.54 Å². The minimum atomic E-state index is -0.626. The van der Waals surface area contributed by atoms with E-state index in [4.69, 9.17) is 17.3 Å². The van der Waals surface area contributed by atoms with Gasteiger partial charge in [-0.3, -0.25) is 0 Å². The van der Waals surface area contributed by atoms with E-state index in [-0.39, 0.29) is 0 Å². The molecule has 0 aliphatic carbocycles. The fraction of sp³-hybridized carbons (Fsp3) is 0.143. The monoisotopic (exact) mass is 247 g/mol. The first kappa shape index (κ1) is 12.1. The van der Waals surface area contributed by atoms with Crippen LogP contribution in [0, 0.1) is 0 Å². The van der Waals surface area contributed by atoms with Gasteiger partial charge < -0.3 is 10.8 Å². The third-order valence-corrected chi connectivity index (χ3v) is 2.97. The molecule has 0 aromatic heterocycles. The number of rotatable bonds is 3. The Balaban J connectivity index is 2.23. The van der Waals surface area contributed by atoms with Crippen LogP contribution in [0.25, 0.3) is 0 Å². The second-order valence-electron chi connectivity index (χ2n) is 3.90. The quantitative estimate of drug-likeness (QED) is 0.876. The summed E-state index contributed by atoms with van der Waals surface area (Å²) in [6.07, 6.45) is -0.626. The fourth-order valence-corrected chi connectivity index (χ4v) is 1.80. The fourth-order valence-electron chi connectivity index (χ4n) is 1.67. The van der Waals surface area contributed by atoms with E-state index in [9.17, 15) is 5.11 Å². The van der Waals surface area contributed by atoms with Crippen molar-refractivity contribution in [1.82, 2.24) is 0 Å². The molecule has 2 nitrogen and oxygen atoms in total. The lowest BCUT2D eigenvalue weighted by Gasteiger charge is -2.12. The molecule has 0 radical (unpaired) electrons. The highest BCUT2D eigenvalue weighted by atomic mass is 35.5. The minimum Gasteiger partial charge on any atom is -0.384 e. The highest BCUT2D eigenvalue weighted by Gasteiger charge is 2.09. The van der Waals surface area contributed by atoms with Crippen molar-refractivity contribution in [3.05, 3.63) is 70.2 Å². The number of aliphatic hydroxyl groups is 1. The van der Waals surface area contributed by atoms with E-state index >= 15 is 0 Å². The molecule has 1 atom stereocenters. The highest BCUT2D eigenvalue weighted by molar-refractivity contribution is 6.30. The Labute approximate surface area is 106 Å². The molecule has 0 unspecified atom stereocenters. The van der Waals surface area contributed by atoms with Crippen LogP contribution >= 0.6 is 11.6 Å². The molecule has 0 bridgehead atoms. The summed E-state index contributed by atoms with van der Waals surface area (Å²) in [6.45, 7) is 0.511. The standard InChI is InChI=1S/C14H14ClNO/c15-13-7-5-12(6-8-13)14(17)11-3-1-10(9-16)2-4-11/h1-8,14,17H,9,16H2/t14-/m0/s1. The van der Waals surface area contributed by atoms with Gasteiger partial charge in [-0.05, 0) is 28.8 Å². The molecule has 0 heterocycles. The zero-order valence-corrected chi connectivity index (χ0v) is 10.1. The Bertz CT molecular complexity index is 479. The van der Waals surface area contributed by atoms with Crippen molar-refractivity contribution in [1.29, 1.82) is 0 Å². The number of hydrogen-bond acceptors (Lipinski definition) is 2. The lowest BCUT2D eigenvalue weighted by atomic mass is 10.0. The number of benzene rings is 2. The zero-order chi connectivity index (χ0) is 12.3. The van der Waals surface area contributed by atoms with Gasteiger partial charge >= 0.3 is 0 Å². The third-order valence-electron chi connectivity index (χ3n) is 2.72. The summed E-state index contributed by atoms with van der Waals surface area (Å²) < 4.78 is 0. The Kier molecular flexibility index (Phi) is 3.79. The Hall–Kier alpha value is -1.35. The van der Waals surface area contributed by atoms with Gasteiger partial charge in [0.2, 0.25) is 0 Å². The zero-order valence-electron chi connectivity index (χ0n) is 9.31. The summed E-state index contributed by atoms with van der Waals surface area (Å²) in [5.41, 5.74) is 8.26. The van der Waals surface area contributed by atoms with E-state index in [0.717, 1.165) is 16.7 Å². The molecule has 0 fully saturated rings. The predicted octanol–water partition coefficient (Wildman–Crippen LogP) is 2.88. The van der Waals surface area contributed by atoms with Gasteiger partial charge in [-0.15, -0.1) is 0 Å². The summed E-state index contributed by atoms with van der Waals surface area (Å²) in [4.78, 5) is 0. The van der Waals surface area contributed by atoms with Crippen molar-refractivity contribution >= 4 is 11.6 Å². The van der Waals surface area contributed by atoms with Gasteiger partial charge in [0.05, 0.1) is 0 Å². The molecule has 3 N–H and O–H groups in total. The maximum absolute atomic E-state index is 10.2. The number of halogens is 1. The molecular weight excluding hydrogens is 234 g/mol. The summed E-state index contributed by atoms with van der Waals surface area (Å²) in [5, 5.41) is 10.8. The molecule has 0 aliphatic heterocycles. The molecule has 0 saturated heterocycles. The van der Waals surface area contributed by atoms with Crippen LogP contribution in [0.15, 0.2) is 48.5 Å². The Morgan fingerprint density at radius 3 is 1.88 bits per heavy atom. The summed E-state index contributed by atoms with van der Waals surface area (Å²) >= 11 is 5.81. The first-order valence-corrected chi connectivity index (χ1v) is 5.81. The molecular formula is C14H14ClNO. The van der Waals surface area contributed by atoms with Crippen LogP contribution in [-0.4, -0.2) is 5.11 Å². The molecule has 0 saturated carbocycles. The van der Waals surface area contributed by atoms with E-state index in [1.165, 1.54) is 0 Å². The molecule has 17 heavy (non-hydrogen) atoms. The van der Waals surface area contributed by atoms with Gasteiger partial charge in [-0.1, -0.05) is 48.0 Å². The first-order chi connectivity index (χ1) is 8.20. The Morgan fingerprint density at radius 2 is 1.41 bits per heavy atom. The van der Waals surface area contributed by atoms with Crippen LogP contribution in [0.1, 0.15) is 22.8 Å². The second-order valence-corrected chi connectivity index (χ2v) is 4.34. The SMILES string of the molecule is NCc1ccc([C@H](O)c2ccc(Cl)cc2)cc1. The van der Waals surface area contributed by atoms with Crippen molar-refractivity contribution in [3.8, 4) is 0 Å². The molecule has 2 aromatic carbocycles. The summed E-state index contributed by atoms with van der Waals surface area (Å²) in [6, 6.07) is 14.8. The lowest BCUT2D eigenvalue weighted by Crippen LogP contribution is -2.01. The van der Waals surface area contributed by atoms with Gasteiger partial charge in [-0.25, -0.2) is 0 Å².